The summed E-state index contributed by atoms with van der Waals surface area (Å²) < 4.78 is 0. The van der Waals surface area contributed by atoms with Crippen molar-refractivity contribution in [2.24, 2.45) is 11.8 Å². The van der Waals surface area contributed by atoms with Crippen LogP contribution in [0, 0.1) is 11.8 Å². The molecule has 0 bridgehead atoms. The van der Waals surface area contributed by atoms with E-state index in [2.05, 4.69) is 0 Å². The molecule has 0 radical (unpaired) electrons. The molecule has 0 aromatic heterocycles. The largest absolute Gasteiger partial charge is 0.299 e. The molecule has 0 amide bonds. The molecule has 2 aliphatic rings. The minimum atomic E-state index is 0.178. The molecule has 2 saturated carbocycles. The van der Waals surface area contributed by atoms with Crippen molar-refractivity contribution >= 4 is 11.6 Å². The van der Waals surface area contributed by atoms with Crippen molar-refractivity contribution < 1.29 is 9.59 Å². The van der Waals surface area contributed by atoms with E-state index in [0.717, 1.165) is 0 Å². The standard InChI is InChI=1S/C12H18O2/c13-11-6-10(7-12(14)8-11)9-4-2-1-3-5-9/h9-10H,1-8H2. The molecule has 0 spiro atoms. The Bertz CT molecular complexity index is 223. The van der Waals surface area contributed by atoms with Gasteiger partial charge in [0.15, 0.2) is 0 Å². The summed E-state index contributed by atoms with van der Waals surface area (Å²) >= 11 is 0. The van der Waals surface area contributed by atoms with Crippen LogP contribution in [0.15, 0.2) is 0 Å². The fourth-order valence-electron chi connectivity index (χ4n) is 2.96. The fraction of sp³-hybridized carbons (Fsp3) is 0.833. The summed E-state index contributed by atoms with van der Waals surface area (Å²) in [6.45, 7) is 0. The molecule has 2 rings (SSSR count). The molecule has 2 aliphatic carbocycles. The Kier molecular flexibility index (Phi) is 2.99. The van der Waals surface area contributed by atoms with Gasteiger partial charge in [0.2, 0.25) is 0 Å². The van der Waals surface area contributed by atoms with Gasteiger partial charge in [0.05, 0.1) is 6.42 Å². The Morgan fingerprint density at radius 3 is 1.93 bits per heavy atom. The predicted octanol–water partition coefficient (Wildman–Crippen LogP) is 2.51. The average molecular weight is 194 g/mol. The van der Waals surface area contributed by atoms with Crippen LogP contribution in [0.2, 0.25) is 0 Å². The van der Waals surface area contributed by atoms with Gasteiger partial charge in [-0.05, 0) is 11.8 Å². The Morgan fingerprint density at radius 2 is 1.36 bits per heavy atom. The number of carbonyl (C=O) groups excluding carboxylic acids is 2. The Morgan fingerprint density at radius 1 is 0.786 bits per heavy atom. The highest BCUT2D eigenvalue weighted by molar-refractivity contribution is 6.01. The van der Waals surface area contributed by atoms with Gasteiger partial charge in [0, 0.05) is 12.8 Å². The lowest BCUT2D eigenvalue weighted by molar-refractivity contribution is -0.132. The molecule has 14 heavy (non-hydrogen) atoms. The van der Waals surface area contributed by atoms with Crippen LogP contribution >= 0.6 is 0 Å². The van der Waals surface area contributed by atoms with Gasteiger partial charge in [-0.3, -0.25) is 9.59 Å². The second-order valence-electron chi connectivity index (χ2n) is 4.82. The van der Waals surface area contributed by atoms with E-state index in [4.69, 9.17) is 0 Å². The average Bonchev–Trinajstić information content (AvgIpc) is 2.18. The van der Waals surface area contributed by atoms with Crippen LogP contribution in [0.3, 0.4) is 0 Å². The monoisotopic (exact) mass is 194 g/mol. The summed E-state index contributed by atoms with van der Waals surface area (Å²) in [5.41, 5.74) is 0. The molecule has 2 fully saturated rings. The van der Waals surface area contributed by atoms with Gasteiger partial charge in [0.25, 0.3) is 0 Å². The molecular formula is C12H18O2. The van der Waals surface area contributed by atoms with Gasteiger partial charge >= 0.3 is 0 Å². The van der Waals surface area contributed by atoms with Gasteiger partial charge in [0.1, 0.15) is 11.6 Å². The molecule has 0 saturated heterocycles. The SMILES string of the molecule is O=C1CC(=O)CC(C2CCCCC2)C1. The highest BCUT2D eigenvalue weighted by Crippen LogP contribution is 2.36. The lowest BCUT2D eigenvalue weighted by Gasteiger charge is -2.31. The minimum absolute atomic E-state index is 0.178. The van der Waals surface area contributed by atoms with Crippen LogP contribution in [-0.4, -0.2) is 11.6 Å². The summed E-state index contributed by atoms with van der Waals surface area (Å²) in [6, 6.07) is 0. The zero-order valence-corrected chi connectivity index (χ0v) is 8.63. The predicted molar refractivity (Wildman–Crippen MR) is 53.9 cm³/mol. The summed E-state index contributed by atoms with van der Waals surface area (Å²) in [5.74, 6) is 1.41. The highest BCUT2D eigenvalue weighted by Gasteiger charge is 2.31. The summed E-state index contributed by atoms with van der Waals surface area (Å²) in [6.07, 6.45) is 7.98. The Labute approximate surface area is 85.1 Å². The molecule has 0 heterocycles. The van der Waals surface area contributed by atoms with Crippen molar-refractivity contribution in [2.45, 2.75) is 51.4 Å². The lowest BCUT2D eigenvalue weighted by Crippen LogP contribution is -2.29. The van der Waals surface area contributed by atoms with Gasteiger partial charge in [-0.1, -0.05) is 32.1 Å². The van der Waals surface area contributed by atoms with Crippen molar-refractivity contribution in [3.05, 3.63) is 0 Å². The van der Waals surface area contributed by atoms with E-state index >= 15 is 0 Å². The smallest absolute Gasteiger partial charge is 0.140 e. The van der Waals surface area contributed by atoms with E-state index in [-0.39, 0.29) is 18.0 Å². The van der Waals surface area contributed by atoms with E-state index in [1.807, 2.05) is 0 Å². The van der Waals surface area contributed by atoms with Crippen LogP contribution in [-0.2, 0) is 9.59 Å². The number of carbonyl (C=O) groups is 2. The maximum absolute atomic E-state index is 11.3. The maximum atomic E-state index is 11.3. The molecule has 0 aromatic rings. The second-order valence-corrected chi connectivity index (χ2v) is 4.82. The normalized spacial score (nSPS) is 26.9. The first-order valence-electron chi connectivity index (χ1n) is 5.79. The molecular weight excluding hydrogens is 176 g/mol. The van der Waals surface area contributed by atoms with Crippen LogP contribution in [0.4, 0.5) is 0 Å². The number of hydrogen-bond donors (Lipinski definition) is 0. The van der Waals surface area contributed by atoms with E-state index in [1.54, 1.807) is 0 Å². The fourth-order valence-corrected chi connectivity index (χ4v) is 2.96. The molecule has 78 valence electrons. The number of hydrogen-bond acceptors (Lipinski definition) is 2. The van der Waals surface area contributed by atoms with Crippen molar-refractivity contribution in [1.82, 2.24) is 0 Å². The third-order valence-electron chi connectivity index (χ3n) is 3.69. The first-order valence-corrected chi connectivity index (χ1v) is 5.79. The zero-order chi connectivity index (χ0) is 9.97. The van der Waals surface area contributed by atoms with Crippen molar-refractivity contribution in [1.29, 1.82) is 0 Å². The molecule has 0 aromatic carbocycles. The summed E-state index contributed by atoms with van der Waals surface area (Å²) in [7, 11) is 0. The Hall–Kier alpha value is -0.660. The first-order chi connectivity index (χ1) is 6.75. The minimum Gasteiger partial charge on any atom is -0.299 e. The molecule has 0 N–H and O–H groups in total. The zero-order valence-electron chi connectivity index (χ0n) is 8.63. The number of ketones is 2. The van der Waals surface area contributed by atoms with Crippen LogP contribution in [0.25, 0.3) is 0 Å². The first kappa shape index (κ1) is 9.88. The van der Waals surface area contributed by atoms with Gasteiger partial charge < -0.3 is 0 Å². The third-order valence-corrected chi connectivity index (χ3v) is 3.69. The summed E-state index contributed by atoms with van der Waals surface area (Å²) in [4.78, 5) is 22.6. The van der Waals surface area contributed by atoms with Crippen LogP contribution in [0.1, 0.15) is 51.4 Å². The quantitative estimate of drug-likeness (QED) is 0.601. The molecule has 2 heteroatoms. The van der Waals surface area contributed by atoms with Crippen LogP contribution < -0.4 is 0 Å². The van der Waals surface area contributed by atoms with Crippen molar-refractivity contribution in [3.63, 3.8) is 0 Å². The lowest BCUT2D eigenvalue weighted by atomic mass is 9.73. The van der Waals surface area contributed by atoms with E-state index in [1.165, 1.54) is 32.1 Å². The highest BCUT2D eigenvalue weighted by atomic mass is 16.1. The van der Waals surface area contributed by atoms with E-state index < -0.39 is 0 Å². The van der Waals surface area contributed by atoms with Gasteiger partial charge in [-0.25, -0.2) is 0 Å². The van der Waals surface area contributed by atoms with E-state index in [0.29, 0.717) is 24.7 Å². The molecule has 2 nitrogen and oxygen atoms in total. The van der Waals surface area contributed by atoms with E-state index in [9.17, 15) is 9.59 Å². The van der Waals surface area contributed by atoms with Gasteiger partial charge in [-0.15, -0.1) is 0 Å². The molecule has 0 atom stereocenters. The third kappa shape index (κ3) is 2.23. The topological polar surface area (TPSA) is 34.1 Å². The van der Waals surface area contributed by atoms with Crippen molar-refractivity contribution in [2.75, 3.05) is 0 Å². The second kappa shape index (κ2) is 4.24. The number of rotatable bonds is 1. The molecule has 0 aliphatic heterocycles. The number of Topliss-reactive ketones (excluding diaryl/α,β-unsaturated/α-hetero) is 2. The molecule has 0 unspecified atom stereocenters. The van der Waals surface area contributed by atoms with Gasteiger partial charge in [-0.2, -0.15) is 0 Å². The van der Waals surface area contributed by atoms with Crippen molar-refractivity contribution in [3.8, 4) is 0 Å². The van der Waals surface area contributed by atoms with Crippen LogP contribution in [0.5, 0.6) is 0 Å². The maximum Gasteiger partial charge on any atom is 0.140 e. The Balaban J connectivity index is 1.95. The summed E-state index contributed by atoms with van der Waals surface area (Å²) in [5, 5.41) is 0.